The van der Waals surface area contributed by atoms with Crippen LogP contribution in [0.15, 0.2) is 30.5 Å². The molecule has 29 heavy (non-hydrogen) atoms. The summed E-state index contributed by atoms with van der Waals surface area (Å²) in [5, 5.41) is 4.30. The molecule has 1 aromatic heterocycles. The van der Waals surface area contributed by atoms with Crippen LogP contribution >= 0.6 is 12.4 Å². The van der Waals surface area contributed by atoms with Gasteiger partial charge in [-0.2, -0.15) is 18.3 Å². The molecule has 2 fully saturated rings. The Bertz CT molecular complexity index is 894. The number of hydrogen-bond acceptors (Lipinski definition) is 3. The van der Waals surface area contributed by atoms with Gasteiger partial charge in [-0.15, -0.1) is 12.4 Å². The van der Waals surface area contributed by atoms with Crippen LogP contribution in [0.5, 0.6) is 0 Å². The van der Waals surface area contributed by atoms with Crippen LogP contribution in [-0.4, -0.2) is 39.7 Å². The summed E-state index contributed by atoms with van der Waals surface area (Å²) in [7, 11) is 0. The zero-order chi connectivity index (χ0) is 20.1. The van der Waals surface area contributed by atoms with Gasteiger partial charge in [0.2, 0.25) is 0 Å². The van der Waals surface area contributed by atoms with Gasteiger partial charge in [0.15, 0.2) is 0 Å². The average Bonchev–Trinajstić information content (AvgIpc) is 3.29. The van der Waals surface area contributed by atoms with E-state index in [9.17, 15) is 18.0 Å². The fraction of sp³-hybridized carbons (Fsp3) is 0.500. The highest BCUT2D eigenvalue weighted by Gasteiger charge is 2.38. The quantitative estimate of drug-likeness (QED) is 0.800. The fourth-order valence-electron chi connectivity index (χ4n) is 4.04. The second-order valence-electron chi connectivity index (χ2n) is 7.82. The highest BCUT2D eigenvalue weighted by Crippen LogP contribution is 2.43. The maximum Gasteiger partial charge on any atom is 0.416 e. The smallest absolute Gasteiger partial charge is 0.335 e. The molecule has 2 atom stereocenters. The molecule has 1 amide bonds. The third-order valence-corrected chi connectivity index (χ3v) is 5.67. The summed E-state index contributed by atoms with van der Waals surface area (Å²) < 4.78 is 40.8. The minimum absolute atomic E-state index is 0. The van der Waals surface area contributed by atoms with Crippen LogP contribution in [0, 0.1) is 5.92 Å². The number of rotatable bonds is 4. The maximum absolute atomic E-state index is 13.2. The predicted molar refractivity (Wildman–Crippen MR) is 105 cm³/mol. The van der Waals surface area contributed by atoms with Crippen molar-refractivity contribution < 1.29 is 18.0 Å². The van der Waals surface area contributed by atoms with E-state index in [1.807, 2.05) is 11.8 Å². The van der Waals surface area contributed by atoms with Gasteiger partial charge in [-0.25, -0.2) is 4.68 Å². The van der Waals surface area contributed by atoms with E-state index in [2.05, 4.69) is 5.10 Å². The van der Waals surface area contributed by atoms with Gasteiger partial charge in [-0.05, 0) is 56.8 Å². The summed E-state index contributed by atoms with van der Waals surface area (Å²) in [6.45, 7) is 3.14. The normalized spacial score (nSPS) is 21.9. The van der Waals surface area contributed by atoms with Gasteiger partial charge in [0, 0.05) is 18.5 Å². The van der Waals surface area contributed by atoms with E-state index in [1.54, 1.807) is 6.07 Å². The third kappa shape index (κ3) is 4.14. The highest BCUT2D eigenvalue weighted by atomic mass is 35.5. The van der Waals surface area contributed by atoms with Crippen LogP contribution in [0.2, 0.25) is 0 Å². The molecule has 2 N–H and O–H groups in total. The van der Waals surface area contributed by atoms with E-state index in [0.717, 1.165) is 31.4 Å². The molecule has 9 heteroatoms. The number of likely N-dealkylation sites (tertiary alicyclic amines) is 1. The molecular formula is C20H24ClF3N4O. The minimum Gasteiger partial charge on any atom is -0.335 e. The summed E-state index contributed by atoms with van der Waals surface area (Å²) in [6, 6.07) is 5.16. The molecule has 1 saturated carbocycles. The van der Waals surface area contributed by atoms with Crippen LogP contribution in [0.3, 0.4) is 0 Å². The largest absolute Gasteiger partial charge is 0.416 e. The van der Waals surface area contributed by atoms with Crippen molar-refractivity contribution in [3.8, 4) is 5.69 Å². The monoisotopic (exact) mass is 428 g/mol. The molecule has 2 aromatic rings. The van der Waals surface area contributed by atoms with Crippen LogP contribution < -0.4 is 5.73 Å². The molecule has 2 unspecified atom stereocenters. The van der Waals surface area contributed by atoms with Gasteiger partial charge in [-0.3, -0.25) is 4.79 Å². The van der Waals surface area contributed by atoms with E-state index >= 15 is 0 Å². The molecule has 0 bridgehead atoms. The van der Waals surface area contributed by atoms with Gasteiger partial charge >= 0.3 is 6.18 Å². The first-order valence-electron chi connectivity index (χ1n) is 9.56. The molecule has 0 spiro atoms. The first kappa shape index (κ1) is 21.6. The molecule has 2 heterocycles. The van der Waals surface area contributed by atoms with E-state index in [1.165, 1.54) is 16.9 Å². The van der Waals surface area contributed by atoms with Crippen molar-refractivity contribution in [2.24, 2.45) is 11.7 Å². The molecule has 2 aliphatic rings. The van der Waals surface area contributed by atoms with Gasteiger partial charge in [0.05, 0.1) is 28.7 Å². The summed E-state index contributed by atoms with van der Waals surface area (Å²) >= 11 is 0. The summed E-state index contributed by atoms with van der Waals surface area (Å²) in [5.41, 5.74) is 6.57. The van der Waals surface area contributed by atoms with E-state index < -0.39 is 11.7 Å². The van der Waals surface area contributed by atoms with Crippen LogP contribution in [0.4, 0.5) is 13.2 Å². The number of nitrogens with two attached hydrogens (primary N) is 1. The zero-order valence-corrected chi connectivity index (χ0v) is 16.8. The van der Waals surface area contributed by atoms with Crippen LogP contribution in [0.1, 0.15) is 53.7 Å². The second-order valence-corrected chi connectivity index (χ2v) is 7.82. The summed E-state index contributed by atoms with van der Waals surface area (Å²) in [4.78, 5) is 15.0. The minimum atomic E-state index is -4.43. The number of carbonyl (C=O) groups is 1. The number of amides is 1. The predicted octanol–water partition coefficient (Wildman–Crippen LogP) is 4.00. The number of alkyl halides is 3. The molecule has 1 aromatic carbocycles. The topological polar surface area (TPSA) is 64.2 Å². The zero-order valence-electron chi connectivity index (χ0n) is 16.0. The van der Waals surface area contributed by atoms with Crippen LogP contribution in [-0.2, 0) is 6.18 Å². The second kappa shape index (κ2) is 7.99. The molecule has 4 rings (SSSR count). The Hall–Kier alpha value is -2.06. The lowest BCUT2D eigenvalue weighted by atomic mass is 10.1. The molecule has 158 valence electrons. The number of carbonyl (C=O) groups excluding carboxylic acids is 1. The van der Waals surface area contributed by atoms with Crippen molar-refractivity contribution >= 4 is 18.3 Å². The Labute approximate surface area is 173 Å². The third-order valence-electron chi connectivity index (χ3n) is 5.67. The maximum atomic E-state index is 13.2. The van der Waals surface area contributed by atoms with Crippen molar-refractivity contribution in [1.82, 2.24) is 14.7 Å². The molecular weight excluding hydrogens is 405 g/mol. The Morgan fingerprint density at radius 2 is 2.03 bits per heavy atom. The SMILES string of the molecule is CC1CC(CN)CN1C(=O)c1cnn(-c2cccc(C(F)(F)F)c2)c1C1CC1.Cl. The molecule has 5 nitrogen and oxygen atoms in total. The Kier molecular flexibility index (Phi) is 5.96. The first-order chi connectivity index (χ1) is 13.3. The van der Waals surface area contributed by atoms with Crippen molar-refractivity contribution in [2.45, 2.75) is 44.3 Å². The standard InChI is InChI=1S/C20H23F3N4O.ClH/c1-12-7-13(9-24)11-26(12)19(28)17-10-25-27(18(17)14-5-6-14)16-4-2-3-15(8-16)20(21,22)23;/h2-4,8,10,12-14H,5-7,9,11,24H2,1H3;1H. The lowest BCUT2D eigenvalue weighted by molar-refractivity contribution is -0.137. The van der Waals surface area contributed by atoms with Gasteiger partial charge in [-0.1, -0.05) is 6.07 Å². The Morgan fingerprint density at radius 1 is 1.31 bits per heavy atom. The van der Waals surface area contributed by atoms with E-state index in [-0.39, 0.29) is 36.2 Å². The molecule has 1 aliphatic heterocycles. The summed E-state index contributed by atoms with van der Waals surface area (Å²) in [5.74, 6) is 0.324. The Morgan fingerprint density at radius 3 is 2.62 bits per heavy atom. The lowest BCUT2D eigenvalue weighted by Gasteiger charge is -2.22. The van der Waals surface area contributed by atoms with E-state index in [4.69, 9.17) is 5.73 Å². The molecule has 1 aliphatic carbocycles. The van der Waals surface area contributed by atoms with E-state index in [0.29, 0.717) is 30.0 Å². The number of hydrogen-bond donors (Lipinski definition) is 1. The van der Waals surface area contributed by atoms with Crippen molar-refractivity contribution in [3.05, 3.63) is 47.3 Å². The van der Waals surface area contributed by atoms with Crippen molar-refractivity contribution in [1.29, 1.82) is 0 Å². The first-order valence-corrected chi connectivity index (χ1v) is 9.56. The van der Waals surface area contributed by atoms with Crippen molar-refractivity contribution in [2.75, 3.05) is 13.1 Å². The highest BCUT2D eigenvalue weighted by molar-refractivity contribution is 5.96. The molecule has 1 saturated heterocycles. The number of halogens is 4. The number of nitrogens with zero attached hydrogens (tertiary/aromatic N) is 3. The lowest BCUT2D eigenvalue weighted by Crippen LogP contribution is -2.34. The van der Waals surface area contributed by atoms with Crippen LogP contribution in [0.25, 0.3) is 5.69 Å². The molecule has 0 radical (unpaired) electrons. The average molecular weight is 429 g/mol. The summed E-state index contributed by atoms with van der Waals surface area (Å²) in [6.07, 6.45) is -0.247. The number of aromatic nitrogens is 2. The van der Waals surface area contributed by atoms with Crippen molar-refractivity contribution in [3.63, 3.8) is 0 Å². The van der Waals surface area contributed by atoms with Gasteiger partial charge < -0.3 is 10.6 Å². The number of benzene rings is 1. The van der Waals surface area contributed by atoms with Gasteiger partial charge in [0.25, 0.3) is 5.91 Å². The van der Waals surface area contributed by atoms with Gasteiger partial charge in [0.1, 0.15) is 0 Å². The fourth-order valence-corrected chi connectivity index (χ4v) is 4.04. The Balaban J connectivity index is 0.00000240.